The summed E-state index contributed by atoms with van der Waals surface area (Å²) >= 11 is 0. The first-order chi connectivity index (χ1) is 11.4. The third-order valence-electron chi connectivity index (χ3n) is 4.08. The third kappa shape index (κ3) is 3.17. The van der Waals surface area contributed by atoms with Gasteiger partial charge in [0.05, 0.1) is 11.9 Å². The van der Waals surface area contributed by atoms with E-state index in [1.807, 2.05) is 6.07 Å². The Morgan fingerprint density at radius 1 is 1.42 bits per heavy atom. The Bertz CT molecular complexity index is 855. The lowest BCUT2D eigenvalue weighted by atomic mass is 10.2. The van der Waals surface area contributed by atoms with Gasteiger partial charge in [-0.15, -0.1) is 0 Å². The average Bonchev–Trinajstić information content (AvgIpc) is 3.11. The summed E-state index contributed by atoms with van der Waals surface area (Å²) in [7, 11) is -1.98. The van der Waals surface area contributed by atoms with E-state index in [0.29, 0.717) is 12.4 Å². The smallest absolute Gasteiger partial charge is 0.259 e. The molecule has 0 unspecified atom stereocenters. The number of amides is 1. The molecule has 2 aromatic rings. The molecule has 0 atom stereocenters. The number of carbonyl (C=O) groups is 1. The highest BCUT2D eigenvalue weighted by Crippen LogP contribution is 2.26. The van der Waals surface area contributed by atoms with Crippen molar-refractivity contribution in [3.05, 3.63) is 36.0 Å². The molecule has 0 saturated heterocycles. The van der Waals surface area contributed by atoms with Gasteiger partial charge in [-0.2, -0.15) is 0 Å². The lowest BCUT2D eigenvalue weighted by Crippen LogP contribution is -2.33. The summed E-state index contributed by atoms with van der Waals surface area (Å²) in [5.41, 5.74) is 1.90. The highest BCUT2D eigenvalue weighted by Gasteiger charge is 2.25. The molecule has 0 fully saturated rings. The lowest BCUT2D eigenvalue weighted by Gasteiger charge is -2.16. The Balaban J connectivity index is 1.60. The maximum absolute atomic E-state index is 12.3. The SMILES string of the molecule is Cc1nc(S(=O)(=O)NCCC(=O)N2CCc3ccncc32)cn1C. The zero-order valence-corrected chi connectivity index (χ0v) is 14.4. The number of imidazole rings is 1. The predicted octanol–water partition coefficient (Wildman–Crippen LogP) is 0.381. The fourth-order valence-electron chi connectivity index (χ4n) is 2.64. The van der Waals surface area contributed by atoms with Crippen molar-refractivity contribution in [2.24, 2.45) is 7.05 Å². The minimum atomic E-state index is -3.71. The van der Waals surface area contributed by atoms with E-state index in [1.54, 1.807) is 35.8 Å². The molecule has 1 aliphatic rings. The van der Waals surface area contributed by atoms with Crippen LogP contribution in [-0.2, 0) is 28.3 Å². The van der Waals surface area contributed by atoms with E-state index in [1.165, 1.54) is 6.20 Å². The number of nitrogens with one attached hydrogen (secondary N) is 1. The van der Waals surface area contributed by atoms with Crippen LogP contribution in [0.2, 0.25) is 0 Å². The first kappa shape index (κ1) is 16.6. The molecule has 128 valence electrons. The first-order valence-corrected chi connectivity index (χ1v) is 9.09. The number of sulfonamides is 1. The minimum Gasteiger partial charge on any atom is -0.337 e. The van der Waals surface area contributed by atoms with E-state index in [2.05, 4.69) is 14.7 Å². The van der Waals surface area contributed by atoms with Gasteiger partial charge in [-0.25, -0.2) is 18.1 Å². The molecule has 3 heterocycles. The van der Waals surface area contributed by atoms with Crippen molar-refractivity contribution in [1.29, 1.82) is 0 Å². The summed E-state index contributed by atoms with van der Waals surface area (Å²) in [4.78, 5) is 22.0. The number of hydrogen-bond donors (Lipinski definition) is 1. The molecule has 1 amide bonds. The van der Waals surface area contributed by atoms with Gasteiger partial charge < -0.3 is 9.47 Å². The van der Waals surface area contributed by atoms with Gasteiger partial charge >= 0.3 is 0 Å². The molecule has 0 radical (unpaired) electrons. The Morgan fingerprint density at radius 3 is 2.92 bits per heavy atom. The number of rotatable bonds is 5. The number of anilines is 1. The van der Waals surface area contributed by atoms with E-state index in [-0.39, 0.29) is 23.9 Å². The first-order valence-electron chi connectivity index (χ1n) is 7.61. The van der Waals surface area contributed by atoms with Crippen LogP contribution in [0.3, 0.4) is 0 Å². The van der Waals surface area contributed by atoms with E-state index in [9.17, 15) is 13.2 Å². The van der Waals surface area contributed by atoms with Crippen molar-refractivity contribution in [1.82, 2.24) is 19.3 Å². The maximum Gasteiger partial charge on any atom is 0.259 e. The topological polar surface area (TPSA) is 97.2 Å². The van der Waals surface area contributed by atoms with Crippen LogP contribution in [0.15, 0.2) is 29.7 Å². The van der Waals surface area contributed by atoms with Gasteiger partial charge in [-0.1, -0.05) is 0 Å². The van der Waals surface area contributed by atoms with E-state index in [0.717, 1.165) is 17.7 Å². The largest absolute Gasteiger partial charge is 0.337 e. The van der Waals surface area contributed by atoms with Crippen molar-refractivity contribution in [2.45, 2.75) is 24.8 Å². The normalized spacial score (nSPS) is 14.0. The highest BCUT2D eigenvalue weighted by atomic mass is 32.2. The molecule has 8 nitrogen and oxygen atoms in total. The van der Waals surface area contributed by atoms with Gasteiger partial charge in [0.2, 0.25) is 5.91 Å². The second-order valence-corrected chi connectivity index (χ2v) is 7.40. The number of pyridine rings is 1. The monoisotopic (exact) mass is 349 g/mol. The number of aryl methyl sites for hydroxylation is 2. The Labute approximate surface area is 140 Å². The van der Waals surface area contributed by atoms with Crippen molar-refractivity contribution in [3.63, 3.8) is 0 Å². The van der Waals surface area contributed by atoms with Gasteiger partial charge in [-0.05, 0) is 25.0 Å². The zero-order chi connectivity index (χ0) is 17.3. The van der Waals surface area contributed by atoms with Crippen LogP contribution in [-0.4, -0.2) is 41.9 Å². The molecule has 24 heavy (non-hydrogen) atoms. The Morgan fingerprint density at radius 2 is 2.21 bits per heavy atom. The number of fused-ring (bicyclic) bond motifs is 1. The molecule has 3 rings (SSSR count). The van der Waals surface area contributed by atoms with Gasteiger partial charge in [-0.3, -0.25) is 9.78 Å². The molecule has 0 saturated carbocycles. The molecular weight excluding hydrogens is 330 g/mol. The lowest BCUT2D eigenvalue weighted by molar-refractivity contribution is -0.118. The maximum atomic E-state index is 12.3. The van der Waals surface area contributed by atoms with Gasteiger partial charge in [0.1, 0.15) is 5.82 Å². The summed E-state index contributed by atoms with van der Waals surface area (Å²) < 4.78 is 28.4. The minimum absolute atomic E-state index is 0.0306. The summed E-state index contributed by atoms with van der Waals surface area (Å²) in [5, 5.41) is -0.0364. The Kier molecular flexibility index (Phi) is 4.37. The van der Waals surface area contributed by atoms with Crippen LogP contribution in [0.4, 0.5) is 5.69 Å². The second kappa shape index (κ2) is 6.33. The summed E-state index contributed by atoms with van der Waals surface area (Å²) in [5.74, 6) is 0.481. The molecule has 0 bridgehead atoms. The molecule has 0 aliphatic carbocycles. The Hall–Kier alpha value is -2.26. The molecule has 1 N–H and O–H groups in total. The van der Waals surface area contributed by atoms with Crippen LogP contribution in [0, 0.1) is 6.92 Å². The number of carbonyl (C=O) groups excluding carboxylic acids is 1. The third-order valence-corrected chi connectivity index (χ3v) is 5.41. The molecular formula is C15H19N5O3S. The molecule has 9 heteroatoms. The predicted molar refractivity (Wildman–Crippen MR) is 88.0 cm³/mol. The number of aromatic nitrogens is 3. The van der Waals surface area contributed by atoms with Crippen LogP contribution < -0.4 is 9.62 Å². The van der Waals surface area contributed by atoms with Crippen molar-refractivity contribution >= 4 is 21.6 Å². The quantitative estimate of drug-likeness (QED) is 0.842. The number of hydrogen-bond acceptors (Lipinski definition) is 5. The van der Waals surface area contributed by atoms with Gasteiger partial charge in [0, 0.05) is 39.0 Å². The highest BCUT2D eigenvalue weighted by molar-refractivity contribution is 7.89. The van der Waals surface area contributed by atoms with Crippen molar-refractivity contribution in [2.75, 3.05) is 18.0 Å². The van der Waals surface area contributed by atoms with Crippen molar-refractivity contribution < 1.29 is 13.2 Å². The fourth-order valence-corrected chi connectivity index (χ4v) is 3.71. The number of nitrogens with zero attached hydrogens (tertiary/aromatic N) is 4. The van der Waals surface area contributed by atoms with Gasteiger partial charge in [0.25, 0.3) is 10.0 Å². The van der Waals surface area contributed by atoms with Crippen LogP contribution in [0.1, 0.15) is 17.8 Å². The molecule has 0 aromatic carbocycles. The summed E-state index contributed by atoms with van der Waals surface area (Å²) in [6.07, 6.45) is 5.70. The van der Waals surface area contributed by atoms with Crippen LogP contribution >= 0.6 is 0 Å². The zero-order valence-electron chi connectivity index (χ0n) is 13.6. The average molecular weight is 349 g/mol. The summed E-state index contributed by atoms with van der Waals surface area (Å²) in [6, 6.07) is 1.90. The van der Waals surface area contributed by atoms with Crippen molar-refractivity contribution in [3.8, 4) is 0 Å². The molecule has 0 spiro atoms. The standard InChI is InChI=1S/C15H19N5O3S/c1-11-18-14(10-19(11)2)24(22,23)17-7-4-15(21)20-8-5-12-3-6-16-9-13(12)20/h3,6,9-10,17H,4-5,7-8H2,1-2H3. The second-order valence-electron chi connectivity index (χ2n) is 5.68. The fraction of sp³-hybridized carbons (Fsp3) is 0.400. The molecule has 2 aromatic heterocycles. The van der Waals surface area contributed by atoms with E-state index < -0.39 is 10.0 Å². The van der Waals surface area contributed by atoms with Crippen LogP contribution in [0.5, 0.6) is 0 Å². The van der Waals surface area contributed by atoms with E-state index >= 15 is 0 Å². The molecule has 1 aliphatic heterocycles. The van der Waals surface area contributed by atoms with E-state index in [4.69, 9.17) is 0 Å². The van der Waals surface area contributed by atoms with Gasteiger partial charge in [0.15, 0.2) is 5.03 Å². The van der Waals surface area contributed by atoms with Crippen LogP contribution in [0.25, 0.3) is 0 Å². The summed E-state index contributed by atoms with van der Waals surface area (Å²) in [6.45, 7) is 2.36.